The second kappa shape index (κ2) is 10.8. The summed E-state index contributed by atoms with van der Waals surface area (Å²) in [6.07, 6.45) is 0. The first-order chi connectivity index (χ1) is 19.3. The lowest BCUT2D eigenvalue weighted by Gasteiger charge is -2.27. The molecule has 0 saturated carbocycles. The third-order valence-corrected chi connectivity index (χ3v) is 8.49. The molecule has 4 aromatic rings. The molecule has 2 heterocycles. The second-order valence-electron chi connectivity index (χ2n) is 10.6. The maximum Gasteiger partial charge on any atom is 0.326 e. The molecule has 0 N–H and O–H groups in total. The van der Waals surface area contributed by atoms with Gasteiger partial charge in [0.15, 0.2) is 0 Å². The molecule has 11 heteroatoms. The number of aromatic nitrogens is 1. The largest absolute Gasteiger partial charge is 0.492 e. The van der Waals surface area contributed by atoms with Crippen LogP contribution in [0.25, 0.3) is 10.9 Å². The van der Waals surface area contributed by atoms with Crippen LogP contribution in [0.3, 0.4) is 0 Å². The molecule has 1 aromatic heterocycles. The van der Waals surface area contributed by atoms with E-state index in [1.54, 1.807) is 80.8 Å². The Bertz CT molecular complexity index is 1780. The number of esters is 1. The highest BCUT2D eigenvalue weighted by atomic mass is 35.5. The Morgan fingerprint density at radius 3 is 2.46 bits per heavy atom. The Morgan fingerprint density at radius 2 is 1.76 bits per heavy atom. The molecule has 5 rings (SSSR count). The standard InChI is InChI=1S/C30H29ClFN3O5S/c1-19-28(24-17-21(32)11-14-25(24)34(19)18-27(36)40-30(2,3)4)29-23-7-5-6-8-26(23)41(37,38)35(33-29)15-16-39-22-12-9-20(31)10-13-22/h5-14,17H,15-16,18H2,1-4H3. The SMILES string of the molecule is Cc1c(C2=NN(CCOc3ccc(Cl)cc3)S(=O)(=O)c3ccccc32)c2cc(F)ccc2n1CC(=O)OC(C)(C)C. The van der Waals surface area contributed by atoms with Gasteiger partial charge >= 0.3 is 5.97 Å². The van der Waals surface area contributed by atoms with Gasteiger partial charge in [-0.15, -0.1) is 0 Å². The number of carbonyl (C=O) groups excluding carboxylic acids is 1. The molecule has 8 nitrogen and oxygen atoms in total. The van der Waals surface area contributed by atoms with Crippen molar-refractivity contribution in [3.63, 3.8) is 0 Å². The van der Waals surface area contributed by atoms with Crippen molar-refractivity contribution in [2.24, 2.45) is 5.10 Å². The number of ether oxygens (including phenoxy) is 2. The van der Waals surface area contributed by atoms with Crippen LogP contribution in [-0.4, -0.2) is 47.8 Å². The summed E-state index contributed by atoms with van der Waals surface area (Å²) in [4.78, 5) is 12.9. The van der Waals surface area contributed by atoms with E-state index in [0.29, 0.717) is 44.2 Å². The number of hydrogen-bond donors (Lipinski definition) is 0. The normalized spacial score (nSPS) is 14.5. The number of hydrogen-bond acceptors (Lipinski definition) is 6. The Morgan fingerprint density at radius 1 is 1.05 bits per heavy atom. The second-order valence-corrected chi connectivity index (χ2v) is 12.8. The van der Waals surface area contributed by atoms with Crippen molar-refractivity contribution in [2.75, 3.05) is 13.2 Å². The van der Waals surface area contributed by atoms with Crippen LogP contribution in [0, 0.1) is 12.7 Å². The molecule has 0 unspecified atom stereocenters. The monoisotopic (exact) mass is 597 g/mol. The quantitative estimate of drug-likeness (QED) is 0.247. The molecule has 0 saturated heterocycles. The minimum Gasteiger partial charge on any atom is -0.492 e. The summed E-state index contributed by atoms with van der Waals surface area (Å²) in [6.45, 7) is 6.97. The lowest BCUT2D eigenvalue weighted by Crippen LogP contribution is -2.36. The molecule has 0 aliphatic carbocycles. The molecule has 41 heavy (non-hydrogen) atoms. The molecule has 0 atom stereocenters. The van der Waals surface area contributed by atoms with Gasteiger partial charge in [0.1, 0.15) is 36.0 Å². The van der Waals surface area contributed by atoms with E-state index in [1.807, 2.05) is 0 Å². The van der Waals surface area contributed by atoms with Crippen LogP contribution in [-0.2, 0) is 26.1 Å². The molecule has 0 fully saturated rings. The van der Waals surface area contributed by atoms with Crippen LogP contribution < -0.4 is 4.74 Å². The molecule has 214 valence electrons. The first-order valence-electron chi connectivity index (χ1n) is 12.9. The number of hydrazone groups is 1. The van der Waals surface area contributed by atoms with Crippen LogP contribution in [0.5, 0.6) is 5.75 Å². The first-order valence-corrected chi connectivity index (χ1v) is 14.8. The lowest BCUT2D eigenvalue weighted by molar-refractivity contribution is -0.155. The highest BCUT2D eigenvalue weighted by Crippen LogP contribution is 2.35. The van der Waals surface area contributed by atoms with Gasteiger partial charge in [-0.1, -0.05) is 29.8 Å². The lowest BCUT2D eigenvalue weighted by atomic mass is 9.99. The Kier molecular flexibility index (Phi) is 7.56. The fraction of sp³-hybridized carbons (Fsp3) is 0.267. The average Bonchev–Trinajstić information content (AvgIpc) is 3.15. The number of carbonyl (C=O) groups is 1. The molecular weight excluding hydrogens is 569 g/mol. The van der Waals surface area contributed by atoms with Gasteiger partial charge in [-0.05, 0) is 76.2 Å². The Labute approximate surface area is 243 Å². The predicted octanol–water partition coefficient (Wildman–Crippen LogP) is 5.92. The molecule has 3 aromatic carbocycles. The first kappa shape index (κ1) is 28.6. The third-order valence-electron chi connectivity index (χ3n) is 6.50. The van der Waals surface area contributed by atoms with E-state index in [1.165, 1.54) is 18.2 Å². The molecule has 0 radical (unpaired) electrons. The van der Waals surface area contributed by atoms with Crippen molar-refractivity contribution < 1.29 is 27.1 Å². The number of nitrogens with zero attached hydrogens (tertiary/aromatic N) is 3. The van der Waals surface area contributed by atoms with Gasteiger partial charge in [-0.3, -0.25) is 4.79 Å². The van der Waals surface area contributed by atoms with Gasteiger partial charge < -0.3 is 14.0 Å². The number of sulfonamides is 1. The van der Waals surface area contributed by atoms with E-state index >= 15 is 0 Å². The zero-order valence-electron chi connectivity index (χ0n) is 23.0. The molecule has 1 aliphatic heterocycles. The van der Waals surface area contributed by atoms with E-state index in [2.05, 4.69) is 5.10 Å². The van der Waals surface area contributed by atoms with Gasteiger partial charge in [0, 0.05) is 32.7 Å². The van der Waals surface area contributed by atoms with Crippen LogP contribution in [0.2, 0.25) is 5.02 Å². The van der Waals surface area contributed by atoms with E-state index in [-0.39, 0.29) is 24.6 Å². The van der Waals surface area contributed by atoms with Gasteiger partial charge in [0.05, 0.1) is 11.4 Å². The van der Waals surface area contributed by atoms with Crippen LogP contribution in [0.15, 0.2) is 76.7 Å². The minimum absolute atomic E-state index is 0.0216. The summed E-state index contributed by atoms with van der Waals surface area (Å²) in [5, 5.41) is 5.64. The summed E-state index contributed by atoms with van der Waals surface area (Å²) >= 11 is 5.94. The van der Waals surface area contributed by atoms with Crippen molar-refractivity contribution in [3.8, 4) is 5.75 Å². The van der Waals surface area contributed by atoms with Crippen LogP contribution in [0.1, 0.15) is 37.6 Å². The third kappa shape index (κ3) is 5.80. The summed E-state index contributed by atoms with van der Waals surface area (Å²) in [5.74, 6) is -0.397. The average molecular weight is 598 g/mol. The molecule has 1 aliphatic rings. The van der Waals surface area contributed by atoms with Crippen molar-refractivity contribution in [3.05, 3.63) is 94.4 Å². The number of fused-ring (bicyclic) bond motifs is 2. The zero-order valence-corrected chi connectivity index (χ0v) is 24.6. The highest BCUT2D eigenvalue weighted by molar-refractivity contribution is 7.89. The summed E-state index contributed by atoms with van der Waals surface area (Å²) in [5.41, 5.74) is 1.77. The van der Waals surface area contributed by atoms with E-state index in [4.69, 9.17) is 21.1 Å². The molecule has 0 spiro atoms. The maximum atomic E-state index is 14.6. The van der Waals surface area contributed by atoms with Crippen LogP contribution >= 0.6 is 11.6 Å². The van der Waals surface area contributed by atoms with Crippen LogP contribution in [0.4, 0.5) is 4.39 Å². The fourth-order valence-corrected chi connectivity index (χ4v) is 6.36. The predicted molar refractivity (Wildman–Crippen MR) is 155 cm³/mol. The summed E-state index contributed by atoms with van der Waals surface area (Å²) < 4.78 is 55.7. The van der Waals surface area contributed by atoms with Gasteiger partial charge in [0.25, 0.3) is 10.0 Å². The van der Waals surface area contributed by atoms with Crippen molar-refractivity contribution in [1.29, 1.82) is 0 Å². The smallest absolute Gasteiger partial charge is 0.326 e. The van der Waals surface area contributed by atoms with Crippen molar-refractivity contribution in [1.82, 2.24) is 8.98 Å². The van der Waals surface area contributed by atoms with E-state index in [0.717, 1.165) is 4.41 Å². The van der Waals surface area contributed by atoms with Gasteiger partial charge in [-0.25, -0.2) is 4.39 Å². The topological polar surface area (TPSA) is 90.2 Å². The molecule has 0 bridgehead atoms. The Balaban J connectivity index is 1.60. The molecule has 0 amide bonds. The molecular formula is C30H29ClFN3O5S. The number of rotatable bonds is 7. The van der Waals surface area contributed by atoms with E-state index < -0.39 is 27.4 Å². The summed E-state index contributed by atoms with van der Waals surface area (Å²) in [7, 11) is -4.00. The van der Waals surface area contributed by atoms with Crippen molar-refractivity contribution >= 4 is 44.2 Å². The summed E-state index contributed by atoms with van der Waals surface area (Å²) in [6, 6.07) is 17.6. The fourth-order valence-electron chi connectivity index (χ4n) is 4.81. The van der Waals surface area contributed by atoms with Gasteiger partial charge in [0.2, 0.25) is 0 Å². The maximum absolute atomic E-state index is 14.6. The zero-order chi connectivity index (χ0) is 29.5. The minimum atomic E-state index is -4.00. The Hall–Kier alpha value is -3.89. The van der Waals surface area contributed by atoms with Crippen molar-refractivity contribution in [2.45, 2.75) is 44.7 Å². The number of halogens is 2. The highest BCUT2D eigenvalue weighted by Gasteiger charge is 2.35. The number of benzene rings is 3. The van der Waals surface area contributed by atoms with Gasteiger partial charge in [-0.2, -0.15) is 17.9 Å². The van der Waals surface area contributed by atoms with E-state index in [9.17, 15) is 17.6 Å².